The maximum absolute atomic E-state index is 12.2. The molecule has 3 heterocycles. The van der Waals surface area contributed by atoms with Crippen molar-refractivity contribution in [3.05, 3.63) is 54.5 Å². The smallest absolute Gasteiger partial charge is 0.222 e. The summed E-state index contributed by atoms with van der Waals surface area (Å²) in [7, 11) is 0. The molecule has 132 valence electrons. The Morgan fingerprint density at radius 1 is 1.23 bits per heavy atom. The summed E-state index contributed by atoms with van der Waals surface area (Å²) in [5.74, 6) is 0.683. The lowest BCUT2D eigenvalue weighted by Crippen LogP contribution is -2.33. The Labute approximate surface area is 150 Å². The minimum atomic E-state index is -0.0810. The van der Waals surface area contributed by atoms with Gasteiger partial charge in [-0.15, -0.1) is 0 Å². The van der Waals surface area contributed by atoms with Crippen molar-refractivity contribution in [3.8, 4) is 5.82 Å². The average molecular weight is 349 g/mol. The van der Waals surface area contributed by atoms with E-state index in [-0.39, 0.29) is 17.9 Å². The monoisotopic (exact) mass is 349 g/mol. The molecule has 0 radical (unpaired) electrons. The molecule has 2 amide bonds. The number of amides is 2. The van der Waals surface area contributed by atoms with Gasteiger partial charge in [0.05, 0.1) is 11.0 Å². The number of hydrogen-bond donors (Lipinski definition) is 2. The maximum atomic E-state index is 12.2. The number of nitrogens with zero attached hydrogens (tertiary/aromatic N) is 3. The molecule has 26 heavy (non-hydrogen) atoms. The second-order valence-electron chi connectivity index (χ2n) is 6.37. The van der Waals surface area contributed by atoms with E-state index < -0.39 is 0 Å². The topological polar surface area (TPSA) is 88.9 Å². The van der Waals surface area contributed by atoms with Crippen molar-refractivity contribution in [2.45, 2.75) is 31.8 Å². The third kappa shape index (κ3) is 3.28. The van der Waals surface area contributed by atoms with E-state index in [4.69, 9.17) is 0 Å². The molecule has 1 aromatic carbocycles. The predicted octanol–water partition coefficient (Wildman–Crippen LogP) is 1.71. The van der Waals surface area contributed by atoms with Crippen LogP contribution in [0.5, 0.6) is 0 Å². The predicted molar refractivity (Wildman–Crippen MR) is 96.5 cm³/mol. The fourth-order valence-electron chi connectivity index (χ4n) is 3.23. The molecule has 7 heteroatoms. The zero-order valence-corrected chi connectivity index (χ0v) is 14.2. The Hall–Kier alpha value is -3.22. The van der Waals surface area contributed by atoms with Gasteiger partial charge < -0.3 is 10.6 Å². The van der Waals surface area contributed by atoms with Gasteiger partial charge in [-0.3, -0.25) is 14.2 Å². The van der Waals surface area contributed by atoms with Crippen LogP contribution in [0.15, 0.2) is 48.9 Å². The number of rotatable bonds is 5. The SMILES string of the molecule is O=C(CC1CCC(=O)N1)NCc1cccnc1-n1cnc2ccccc21. The van der Waals surface area contributed by atoms with Crippen molar-refractivity contribution in [2.75, 3.05) is 0 Å². The van der Waals surface area contributed by atoms with Crippen LogP contribution in [-0.2, 0) is 16.1 Å². The Morgan fingerprint density at radius 3 is 2.96 bits per heavy atom. The molecule has 3 aromatic rings. The molecule has 1 atom stereocenters. The minimum absolute atomic E-state index is 0.0179. The Bertz CT molecular complexity index is 965. The van der Waals surface area contributed by atoms with E-state index in [9.17, 15) is 9.59 Å². The van der Waals surface area contributed by atoms with E-state index >= 15 is 0 Å². The van der Waals surface area contributed by atoms with Gasteiger partial charge in [-0.1, -0.05) is 18.2 Å². The number of hydrogen-bond acceptors (Lipinski definition) is 4. The molecule has 1 saturated heterocycles. The maximum Gasteiger partial charge on any atom is 0.222 e. The van der Waals surface area contributed by atoms with Crippen molar-refractivity contribution < 1.29 is 9.59 Å². The van der Waals surface area contributed by atoms with Crippen LogP contribution in [0.4, 0.5) is 0 Å². The lowest BCUT2D eigenvalue weighted by Gasteiger charge is -2.13. The van der Waals surface area contributed by atoms with Crippen LogP contribution >= 0.6 is 0 Å². The van der Waals surface area contributed by atoms with E-state index in [0.717, 1.165) is 22.4 Å². The van der Waals surface area contributed by atoms with E-state index in [1.165, 1.54) is 0 Å². The van der Waals surface area contributed by atoms with Gasteiger partial charge >= 0.3 is 0 Å². The van der Waals surface area contributed by atoms with Crippen molar-refractivity contribution in [3.63, 3.8) is 0 Å². The Morgan fingerprint density at radius 2 is 2.12 bits per heavy atom. The van der Waals surface area contributed by atoms with E-state index in [2.05, 4.69) is 20.6 Å². The number of pyridine rings is 1. The molecular formula is C19H19N5O2. The quantitative estimate of drug-likeness (QED) is 0.734. The van der Waals surface area contributed by atoms with Crippen LogP contribution < -0.4 is 10.6 Å². The highest BCUT2D eigenvalue weighted by atomic mass is 16.2. The highest BCUT2D eigenvalue weighted by molar-refractivity contribution is 5.82. The van der Waals surface area contributed by atoms with Crippen molar-refractivity contribution in [2.24, 2.45) is 0 Å². The number of carbonyl (C=O) groups excluding carboxylic acids is 2. The Balaban J connectivity index is 1.49. The minimum Gasteiger partial charge on any atom is -0.353 e. The Kier molecular flexibility index (Phi) is 4.35. The van der Waals surface area contributed by atoms with Gasteiger partial charge in [0.25, 0.3) is 0 Å². The number of benzene rings is 1. The average Bonchev–Trinajstić information content (AvgIpc) is 3.26. The molecule has 1 aliphatic heterocycles. The van der Waals surface area contributed by atoms with E-state index in [1.54, 1.807) is 12.5 Å². The largest absolute Gasteiger partial charge is 0.353 e. The van der Waals surface area contributed by atoms with Crippen molar-refractivity contribution in [1.82, 2.24) is 25.2 Å². The van der Waals surface area contributed by atoms with Crippen molar-refractivity contribution >= 4 is 22.8 Å². The van der Waals surface area contributed by atoms with Gasteiger partial charge in [-0.05, 0) is 24.6 Å². The molecule has 0 saturated carbocycles. The second kappa shape index (κ2) is 6.95. The molecule has 1 aliphatic rings. The number of nitrogens with one attached hydrogen (secondary N) is 2. The molecular weight excluding hydrogens is 330 g/mol. The summed E-state index contributed by atoms with van der Waals surface area (Å²) in [5.41, 5.74) is 2.76. The molecule has 2 aromatic heterocycles. The van der Waals surface area contributed by atoms with E-state index in [0.29, 0.717) is 25.8 Å². The summed E-state index contributed by atoms with van der Waals surface area (Å²) in [6, 6.07) is 11.6. The standard InChI is InChI=1S/C19H19N5O2/c25-17-8-7-14(23-17)10-18(26)21-11-13-4-3-9-20-19(13)24-12-22-15-5-1-2-6-16(15)24/h1-6,9,12,14H,7-8,10-11H2,(H,21,26)(H,23,25). The number of imidazole rings is 1. The number of para-hydroxylation sites is 2. The first kappa shape index (κ1) is 16.3. The highest BCUT2D eigenvalue weighted by Crippen LogP contribution is 2.19. The zero-order valence-electron chi connectivity index (χ0n) is 14.2. The lowest BCUT2D eigenvalue weighted by atomic mass is 10.1. The van der Waals surface area contributed by atoms with Gasteiger partial charge in [0, 0.05) is 37.2 Å². The van der Waals surface area contributed by atoms with Crippen LogP contribution in [-0.4, -0.2) is 32.4 Å². The van der Waals surface area contributed by atoms with Crippen LogP contribution in [0.3, 0.4) is 0 Å². The molecule has 1 unspecified atom stereocenters. The van der Waals surface area contributed by atoms with Gasteiger partial charge in [0.1, 0.15) is 12.1 Å². The van der Waals surface area contributed by atoms with Gasteiger partial charge in [0.15, 0.2) is 0 Å². The fraction of sp³-hybridized carbons (Fsp3) is 0.263. The summed E-state index contributed by atoms with van der Waals surface area (Å²) in [6.07, 6.45) is 4.98. The van der Waals surface area contributed by atoms with Gasteiger partial charge in [-0.2, -0.15) is 0 Å². The van der Waals surface area contributed by atoms with Crippen LogP contribution in [0.1, 0.15) is 24.8 Å². The normalized spacial score (nSPS) is 16.6. The number of carbonyl (C=O) groups is 2. The first-order chi connectivity index (χ1) is 12.7. The third-order valence-electron chi connectivity index (χ3n) is 4.54. The van der Waals surface area contributed by atoms with Crippen molar-refractivity contribution in [1.29, 1.82) is 0 Å². The first-order valence-electron chi connectivity index (χ1n) is 8.63. The first-order valence-corrected chi connectivity index (χ1v) is 8.63. The molecule has 1 fully saturated rings. The molecule has 4 rings (SSSR count). The van der Waals surface area contributed by atoms with Gasteiger partial charge in [0.2, 0.25) is 11.8 Å². The summed E-state index contributed by atoms with van der Waals surface area (Å²) in [4.78, 5) is 32.3. The molecule has 0 aliphatic carbocycles. The fourth-order valence-corrected chi connectivity index (χ4v) is 3.23. The van der Waals surface area contributed by atoms with Crippen LogP contribution in [0.25, 0.3) is 16.9 Å². The van der Waals surface area contributed by atoms with E-state index in [1.807, 2.05) is 41.0 Å². The third-order valence-corrected chi connectivity index (χ3v) is 4.54. The number of aromatic nitrogens is 3. The molecule has 0 bridgehead atoms. The molecule has 7 nitrogen and oxygen atoms in total. The molecule has 0 spiro atoms. The lowest BCUT2D eigenvalue weighted by molar-refractivity contribution is -0.121. The molecule has 2 N–H and O–H groups in total. The second-order valence-corrected chi connectivity index (χ2v) is 6.37. The summed E-state index contributed by atoms with van der Waals surface area (Å²) >= 11 is 0. The number of fused-ring (bicyclic) bond motifs is 1. The summed E-state index contributed by atoms with van der Waals surface area (Å²) in [6.45, 7) is 0.370. The van der Waals surface area contributed by atoms with Gasteiger partial charge in [-0.25, -0.2) is 9.97 Å². The van der Waals surface area contributed by atoms with Crippen LogP contribution in [0.2, 0.25) is 0 Å². The highest BCUT2D eigenvalue weighted by Gasteiger charge is 2.23. The zero-order chi connectivity index (χ0) is 17.9. The van der Waals surface area contributed by atoms with Crippen LogP contribution in [0, 0.1) is 0 Å². The summed E-state index contributed by atoms with van der Waals surface area (Å²) in [5, 5.41) is 5.74. The summed E-state index contributed by atoms with van der Waals surface area (Å²) < 4.78 is 1.92.